The largest absolute Gasteiger partial charge is 0.508 e. The maximum atomic E-state index is 9.49. The Hall–Kier alpha value is -1.10. The van der Waals surface area contributed by atoms with E-state index in [-0.39, 0.29) is 24.7 Å². The van der Waals surface area contributed by atoms with Crippen molar-refractivity contribution in [2.24, 2.45) is 0 Å². The molecule has 0 aliphatic carbocycles. The van der Waals surface area contributed by atoms with E-state index in [1.165, 1.54) is 0 Å². The van der Waals surface area contributed by atoms with Gasteiger partial charge in [0, 0.05) is 13.1 Å². The Kier molecular flexibility index (Phi) is 3.99. The Balaban J connectivity index is 2.17. The second-order valence-corrected chi connectivity index (χ2v) is 4.38. The Morgan fingerprint density at radius 1 is 1.47 bits per heavy atom. The van der Waals surface area contributed by atoms with Gasteiger partial charge in [0.1, 0.15) is 12.0 Å². The van der Waals surface area contributed by atoms with Gasteiger partial charge >= 0.3 is 0 Å². The van der Waals surface area contributed by atoms with Gasteiger partial charge in [-0.05, 0) is 24.1 Å². The summed E-state index contributed by atoms with van der Waals surface area (Å²) in [7, 11) is 0. The van der Waals surface area contributed by atoms with E-state index in [0.717, 1.165) is 25.1 Å². The van der Waals surface area contributed by atoms with Crippen LogP contribution in [0.3, 0.4) is 0 Å². The fraction of sp³-hybridized carbons (Fsp3) is 0.538. The Morgan fingerprint density at radius 2 is 2.29 bits per heavy atom. The van der Waals surface area contributed by atoms with Crippen LogP contribution >= 0.6 is 0 Å². The number of aliphatic hydroxyl groups is 1. The lowest BCUT2D eigenvalue weighted by Crippen LogP contribution is -2.26. The number of rotatable bonds is 4. The first-order chi connectivity index (χ1) is 8.24. The van der Waals surface area contributed by atoms with E-state index in [9.17, 15) is 10.2 Å². The van der Waals surface area contributed by atoms with Crippen LogP contribution in [-0.4, -0.2) is 40.9 Å². The highest BCUT2D eigenvalue weighted by atomic mass is 16.5. The zero-order valence-corrected chi connectivity index (χ0v) is 10.0. The van der Waals surface area contributed by atoms with E-state index in [4.69, 9.17) is 4.74 Å². The third kappa shape index (κ3) is 2.77. The smallest absolute Gasteiger partial charge is 0.137 e. The summed E-state index contributed by atoms with van der Waals surface area (Å²) in [5, 5.41) is 18.7. The molecule has 2 rings (SSSR count). The molecule has 4 heteroatoms. The molecule has 94 valence electrons. The molecule has 0 saturated carbocycles. The second kappa shape index (κ2) is 5.49. The average molecular weight is 237 g/mol. The molecule has 0 aromatic heterocycles. The third-order valence-electron chi connectivity index (χ3n) is 2.96. The van der Waals surface area contributed by atoms with Crippen LogP contribution in [0.4, 0.5) is 0 Å². The summed E-state index contributed by atoms with van der Waals surface area (Å²) in [5.41, 5.74) is 0.939. The normalized spacial score (nSPS) is 25.3. The van der Waals surface area contributed by atoms with E-state index in [2.05, 4.69) is 11.8 Å². The van der Waals surface area contributed by atoms with E-state index in [1.54, 1.807) is 12.1 Å². The molecular formula is C13H19NO3. The number of aromatic hydroxyl groups is 1. The van der Waals surface area contributed by atoms with Gasteiger partial charge in [-0.25, -0.2) is 0 Å². The monoisotopic (exact) mass is 237 g/mol. The van der Waals surface area contributed by atoms with Gasteiger partial charge in [0.05, 0.1) is 12.7 Å². The molecular weight excluding hydrogens is 218 g/mol. The van der Waals surface area contributed by atoms with Crippen LogP contribution < -0.4 is 0 Å². The van der Waals surface area contributed by atoms with Crippen LogP contribution in [0.1, 0.15) is 25.1 Å². The standard InChI is InChI=1S/C13H19NO3/c1-2-6-14-8-12(9-15)17-13(14)10-4-3-5-11(16)7-10/h3-5,7,12-13,15-16H,2,6,8-9H2,1H3. The number of phenolic OH excluding ortho intramolecular Hbond substituents is 1. The van der Waals surface area contributed by atoms with Crippen molar-refractivity contribution in [3.05, 3.63) is 29.8 Å². The van der Waals surface area contributed by atoms with Crippen molar-refractivity contribution in [3.8, 4) is 5.75 Å². The lowest BCUT2D eigenvalue weighted by atomic mass is 10.1. The number of hydrogen-bond donors (Lipinski definition) is 2. The molecule has 1 aliphatic heterocycles. The predicted octanol–water partition coefficient (Wildman–Crippen LogP) is 1.49. The van der Waals surface area contributed by atoms with Gasteiger partial charge in [0.25, 0.3) is 0 Å². The van der Waals surface area contributed by atoms with Crippen LogP contribution in [0.5, 0.6) is 5.75 Å². The highest BCUT2D eigenvalue weighted by Gasteiger charge is 2.32. The average Bonchev–Trinajstić information content (AvgIpc) is 2.73. The van der Waals surface area contributed by atoms with Crippen LogP contribution in [0.2, 0.25) is 0 Å². The number of ether oxygens (including phenoxy) is 1. The third-order valence-corrected chi connectivity index (χ3v) is 2.96. The molecule has 0 spiro atoms. The van der Waals surface area contributed by atoms with E-state index in [1.807, 2.05) is 12.1 Å². The topological polar surface area (TPSA) is 52.9 Å². The molecule has 17 heavy (non-hydrogen) atoms. The highest BCUT2D eigenvalue weighted by Crippen LogP contribution is 2.31. The zero-order valence-electron chi connectivity index (χ0n) is 10.0. The molecule has 0 amide bonds. The quantitative estimate of drug-likeness (QED) is 0.833. The first kappa shape index (κ1) is 12.4. The maximum Gasteiger partial charge on any atom is 0.137 e. The SMILES string of the molecule is CCCN1CC(CO)OC1c1cccc(O)c1. The van der Waals surface area contributed by atoms with Crippen LogP contribution in [0, 0.1) is 0 Å². The zero-order chi connectivity index (χ0) is 12.3. The minimum Gasteiger partial charge on any atom is -0.508 e. The fourth-order valence-electron chi connectivity index (χ4n) is 2.23. The first-order valence-corrected chi connectivity index (χ1v) is 6.04. The van der Waals surface area contributed by atoms with Gasteiger partial charge in [0.15, 0.2) is 0 Å². The molecule has 2 N–H and O–H groups in total. The van der Waals surface area contributed by atoms with Gasteiger partial charge in [0.2, 0.25) is 0 Å². The fourth-order valence-corrected chi connectivity index (χ4v) is 2.23. The molecule has 1 fully saturated rings. The van der Waals surface area contributed by atoms with Crippen LogP contribution in [0.15, 0.2) is 24.3 Å². The molecule has 0 bridgehead atoms. The molecule has 1 aliphatic rings. The van der Waals surface area contributed by atoms with Gasteiger partial charge in [-0.1, -0.05) is 19.1 Å². The number of hydrogen-bond acceptors (Lipinski definition) is 4. The summed E-state index contributed by atoms with van der Waals surface area (Å²) in [6.45, 7) is 3.82. The summed E-state index contributed by atoms with van der Waals surface area (Å²) < 4.78 is 5.78. The second-order valence-electron chi connectivity index (χ2n) is 4.38. The molecule has 1 heterocycles. The molecule has 1 aromatic carbocycles. The summed E-state index contributed by atoms with van der Waals surface area (Å²) >= 11 is 0. The van der Waals surface area contributed by atoms with Crippen LogP contribution in [0.25, 0.3) is 0 Å². The lowest BCUT2D eigenvalue weighted by molar-refractivity contribution is -0.0196. The Labute approximate surface area is 101 Å². The molecule has 4 nitrogen and oxygen atoms in total. The molecule has 0 radical (unpaired) electrons. The van der Waals surface area contributed by atoms with E-state index >= 15 is 0 Å². The van der Waals surface area contributed by atoms with Crippen molar-refractivity contribution < 1.29 is 14.9 Å². The Bertz CT molecular complexity index is 369. The van der Waals surface area contributed by atoms with Crippen molar-refractivity contribution >= 4 is 0 Å². The molecule has 2 atom stereocenters. The molecule has 2 unspecified atom stereocenters. The minimum absolute atomic E-state index is 0.0372. The van der Waals surface area contributed by atoms with Gasteiger partial charge < -0.3 is 14.9 Å². The van der Waals surface area contributed by atoms with Crippen molar-refractivity contribution in [2.45, 2.75) is 25.7 Å². The minimum atomic E-state index is -0.154. The van der Waals surface area contributed by atoms with Gasteiger partial charge in [-0.2, -0.15) is 0 Å². The van der Waals surface area contributed by atoms with Gasteiger partial charge in [-0.3, -0.25) is 4.90 Å². The molecule has 1 aromatic rings. The number of benzene rings is 1. The summed E-state index contributed by atoms with van der Waals surface area (Å²) in [6, 6.07) is 7.11. The van der Waals surface area contributed by atoms with E-state index in [0.29, 0.717) is 0 Å². The number of phenols is 1. The van der Waals surface area contributed by atoms with E-state index < -0.39 is 0 Å². The summed E-state index contributed by atoms with van der Waals surface area (Å²) in [5.74, 6) is 0.245. The van der Waals surface area contributed by atoms with Crippen molar-refractivity contribution in [1.82, 2.24) is 4.90 Å². The first-order valence-electron chi connectivity index (χ1n) is 6.04. The predicted molar refractivity (Wildman–Crippen MR) is 64.7 cm³/mol. The summed E-state index contributed by atoms with van der Waals surface area (Å²) in [4.78, 5) is 2.19. The number of nitrogens with zero attached hydrogens (tertiary/aromatic N) is 1. The lowest BCUT2D eigenvalue weighted by Gasteiger charge is -2.22. The number of aliphatic hydroxyl groups excluding tert-OH is 1. The van der Waals surface area contributed by atoms with Crippen molar-refractivity contribution in [3.63, 3.8) is 0 Å². The van der Waals surface area contributed by atoms with Crippen LogP contribution in [-0.2, 0) is 4.74 Å². The van der Waals surface area contributed by atoms with Crippen molar-refractivity contribution in [1.29, 1.82) is 0 Å². The molecule has 1 saturated heterocycles. The van der Waals surface area contributed by atoms with Gasteiger partial charge in [-0.15, -0.1) is 0 Å². The summed E-state index contributed by atoms with van der Waals surface area (Å²) in [6.07, 6.45) is 0.754. The Morgan fingerprint density at radius 3 is 2.94 bits per heavy atom. The maximum absolute atomic E-state index is 9.49. The highest BCUT2D eigenvalue weighted by molar-refractivity contribution is 5.29. The van der Waals surface area contributed by atoms with Crippen molar-refractivity contribution in [2.75, 3.05) is 19.7 Å².